The van der Waals surface area contributed by atoms with Crippen LogP contribution in [0.1, 0.15) is 30.6 Å². The van der Waals surface area contributed by atoms with Crippen molar-refractivity contribution in [1.29, 1.82) is 0 Å². The highest BCUT2D eigenvalue weighted by Crippen LogP contribution is 2.12. The molecule has 0 bridgehead atoms. The van der Waals surface area contributed by atoms with Crippen LogP contribution in [0, 0.1) is 11.6 Å². The minimum atomic E-state index is -0.863. The Morgan fingerprint density at radius 3 is 2.78 bits per heavy atom. The molecule has 1 heterocycles. The smallest absolute Gasteiger partial charge is 0.159 e. The Bertz CT molecular complexity index is 539. The van der Waals surface area contributed by atoms with Crippen LogP contribution in [0.2, 0.25) is 0 Å². The number of benzene rings is 1. The van der Waals surface area contributed by atoms with Crippen LogP contribution in [-0.4, -0.2) is 15.0 Å². The standard InChI is InChI=1S/C12H14F2N4/c1-2-11(15)12-7-18(17-16-12)6-8-3-4-9(13)10(14)5-8/h3-5,7,11H,2,6,15H2,1H3. The summed E-state index contributed by atoms with van der Waals surface area (Å²) in [5.41, 5.74) is 7.13. The highest BCUT2D eigenvalue weighted by Gasteiger charge is 2.09. The minimum absolute atomic E-state index is 0.149. The molecule has 2 rings (SSSR count). The van der Waals surface area contributed by atoms with Gasteiger partial charge in [0.05, 0.1) is 24.5 Å². The summed E-state index contributed by atoms with van der Waals surface area (Å²) in [6.45, 7) is 2.29. The molecule has 0 spiro atoms. The first-order valence-corrected chi connectivity index (χ1v) is 5.69. The molecule has 0 radical (unpaired) electrons. The fourth-order valence-electron chi connectivity index (χ4n) is 1.59. The molecule has 4 nitrogen and oxygen atoms in total. The van der Waals surface area contributed by atoms with E-state index in [1.54, 1.807) is 10.9 Å². The van der Waals surface area contributed by atoms with Crippen LogP contribution in [0.25, 0.3) is 0 Å². The molecule has 18 heavy (non-hydrogen) atoms. The van der Waals surface area contributed by atoms with Crippen molar-refractivity contribution in [3.63, 3.8) is 0 Å². The van der Waals surface area contributed by atoms with Crippen molar-refractivity contribution in [3.8, 4) is 0 Å². The Morgan fingerprint density at radius 2 is 2.11 bits per heavy atom. The van der Waals surface area contributed by atoms with Crippen LogP contribution >= 0.6 is 0 Å². The Labute approximate surface area is 103 Å². The van der Waals surface area contributed by atoms with E-state index in [0.29, 0.717) is 17.8 Å². The van der Waals surface area contributed by atoms with Gasteiger partial charge in [0.25, 0.3) is 0 Å². The molecular weight excluding hydrogens is 238 g/mol. The number of hydrogen-bond acceptors (Lipinski definition) is 3. The van der Waals surface area contributed by atoms with Gasteiger partial charge < -0.3 is 5.73 Å². The van der Waals surface area contributed by atoms with Crippen molar-refractivity contribution in [2.24, 2.45) is 5.73 Å². The Morgan fingerprint density at radius 1 is 1.33 bits per heavy atom. The monoisotopic (exact) mass is 252 g/mol. The zero-order valence-corrected chi connectivity index (χ0v) is 9.98. The molecule has 0 amide bonds. The molecule has 0 aliphatic rings. The Hall–Kier alpha value is -1.82. The first-order valence-electron chi connectivity index (χ1n) is 5.69. The number of rotatable bonds is 4. The summed E-state index contributed by atoms with van der Waals surface area (Å²) < 4.78 is 27.3. The fraction of sp³-hybridized carbons (Fsp3) is 0.333. The van der Waals surface area contributed by atoms with E-state index in [4.69, 9.17) is 5.73 Å². The molecule has 1 unspecified atom stereocenters. The number of aromatic nitrogens is 3. The van der Waals surface area contributed by atoms with Crippen molar-refractivity contribution in [2.75, 3.05) is 0 Å². The maximum absolute atomic E-state index is 13.0. The molecule has 1 atom stereocenters. The third-order valence-corrected chi connectivity index (χ3v) is 2.70. The summed E-state index contributed by atoms with van der Waals surface area (Å²) in [7, 11) is 0. The number of nitrogens with zero attached hydrogens (tertiary/aromatic N) is 3. The lowest BCUT2D eigenvalue weighted by molar-refractivity contribution is 0.505. The maximum Gasteiger partial charge on any atom is 0.159 e. The van der Waals surface area contributed by atoms with E-state index >= 15 is 0 Å². The van der Waals surface area contributed by atoms with Gasteiger partial charge in [0, 0.05) is 0 Å². The third kappa shape index (κ3) is 2.70. The van der Waals surface area contributed by atoms with Gasteiger partial charge in [-0.1, -0.05) is 18.2 Å². The average molecular weight is 252 g/mol. The average Bonchev–Trinajstić information content (AvgIpc) is 2.81. The molecule has 2 N–H and O–H groups in total. The summed E-state index contributed by atoms with van der Waals surface area (Å²) in [5.74, 6) is -1.72. The van der Waals surface area contributed by atoms with Gasteiger partial charge in [-0.2, -0.15) is 0 Å². The Balaban J connectivity index is 2.13. The molecule has 6 heteroatoms. The SMILES string of the molecule is CCC(N)c1cn(Cc2ccc(F)c(F)c2)nn1. The van der Waals surface area contributed by atoms with E-state index in [1.165, 1.54) is 6.07 Å². The van der Waals surface area contributed by atoms with Crippen LogP contribution in [0.3, 0.4) is 0 Å². The summed E-state index contributed by atoms with van der Waals surface area (Å²) in [6.07, 6.45) is 2.49. The van der Waals surface area contributed by atoms with Crippen molar-refractivity contribution in [1.82, 2.24) is 15.0 Å². The Kier molecular flexibility index (Phi) is 3.66. The summed E-state index contributed by atoms with van der Waals surface area (Å²) >= 11 is 0. The first-order chi connectivity index (χ1) is 8.60. The molecule has 0 aliphatic heterocycles. The molecule has 0 aliphatic carbocycles. The largest absolute Gasteiger partial charge is 0.323 e. The van der Waals surface area contributed by atoms with Crippen LogP contribution < -0.4 is 5.73 Å². The lowest BCUT2D eigenvalue weighted by atomic mass is 10.2. The van der Waals surface area contributed by atoms with Crippen LogP contribution in [0.5, 0.6) is 0 Å². The van der Waals surface area contributed by atoms with E-state index in [-0.39, 0.29) is 6.04 Å². The zero-order valence-electron chi connectivity index (χ0n) is 9.98. The highest BCUT2D eigenvalue weighted by molar-refractivity contribution is 5.18. The number of halogens is 2. The van der Waals surface area contributed by atoms with Gasteiger partial charge >= 0.3 is 0 Å². The van der Waals surface area contributed by atoms with Crippen molar-refractivity contribution in [2.45, 2.75) is 25.9 Å². The van der Waals surface area contributed by atoms with Crippen LogP contribution in [0.4, 0.5) is 8.78 Å². The van der Waals surface area contributed by atoms with E-state index in [1.807, 2.05) is 6.92 Å². The molecular formula is C12H14F2N4. The topological polar surface area (TPSA) is 56.7 Å². The molecule has 0 saturated carbocycles. The minimum Gasteiger partial charge on any atom is -0.323 e. The lowest BCUT2D eigenvalue weighted by Crippen LogP contribution is -2.08. The molecule has 96 valence electrons. The first kappa shape index (κ1) is 12.6. The quantitative estimate of drug-likeness (QED) is 0.905. The van der Waals surface area contributed by atoms with Crippen LogP contribution in [-0.2, 0) is 6.54 Å². The molecule has 0 fully saturated rings. The molecule has 2 aromatic rings. The number of hydrogen-bond donors (Lipinski definition) is 1. The van der Waals surface area contributed by atoms with E-state index in [2.05, 4.69) is 10.3 Å². The van der Waals surface area contributed by atoms with E-state index < -0.39 is 11.6 Å². The summed E-state index contributed by atoms with van der Waals surface area (Å²) in [4.78, 5) is 0. The summed E-state index contributed by atoms with van der Waals surface area (Å²) in [6, 6.07) is 3.61. The van der Waals surface area contributed by atoms with Gasteiger partial charge in [0.2, 0.25) is 0 Å². The lowest BCUT2D eigenvalue weighted by Gasteiger charge is -2.03. The highest BCUT2D eigenvalue weighted by atomic mass is 19.2. The predicted octanol–water partition coefficient (Wildman–Crippen LogP) is 2.01. The maximum atomic E-state index is 13.0. The second-order valence-electron chi connectivity index (χ2n) is 4.10. The van der Waals surface area contributed by atoms with Crippen molar-refractivity contribution >= 4 is 0 Å². The molecule has 0 saturated heterocycles. The molecule has 1 aromatic carbocycles. The van der Waals surface area contributed by atoms with Gasteiger partial charge in [-0.05, 0) is 24.1 Å². The van der Waals surface area contributed by atoms with Gasteiger partial charge in [-0.15, -0.1) is 5.10 Å². The third-order valence-electron chi connectivity index (χ3n) is 2.70. The van der Waals surface area contributed by atoms with Gasteiger partial charge in [0.15, 0.2) is 11.6 Å². The van der Waals surface area contributed by atoms with E-state index in [0.717, 1.165) is 18.6 Å². The molecule has 1 aromatic heterocycles. The second kappa shape index (κ2) is 5.22. The van der Waals surface area contributed by atoms with Crippen molar-refractivity contribution in [3.05, 3.63) is 47.3 Å². The van der Waals surface area contributed by atoms with Gasteiger partial charge in [-0.3, -0.25) is 0 Å². The van der Waals surface area contributed by atoms with Gasteiger partial charge in [0.1, 0.15) is 0 Å². The second-order valence-corrected chi connectivity index (χ2v) is 4.10. The fourth-order valence-corrected chi connectivity index (χ4v) is 1.59. The summed E-state index contributed by atoms with van der Waals surface area (Å²) in [5, 5.41) is 7.85. The van der Waals surface area contributed by atoms with E-state index in [9.17, 15) is 8.78 Å². The normalized spacial score (nSPS) is 12.7. The predicted molar refractivity (Wildman–Crippen MR) is 62.7 cm³/mol. The van der Waals surface area contributed by atoms with Crippen molar-refractivity contribution < 1.29 is 8.78 Å². The zero-order chi connectivity index (χ0) is 13.1. The number of nitrogens with two attached hydrogens (primary N) is 1. The van der Waals surface area contributed by atoms with Crippen LogP contribution in [0.15, 0.2) is 24.4 Å². The van der Waals surface area contributed by atoms with Gasteiger partial charge in [-0.25, -0.2) is 13.5 Å².